The highest BCUT2D eigenvalue weighted by atomic mass is 32.1. The summed E-state index contributed by atoms with van der Waals surface area (Å²) in [6.07, 6.45) is 3.83. The second kappa shape index (κ2) is 7.00. The molecular formula is C16H17N3O2S. The van der Waals surface area contributed by atoms with Crippen molar-refractivity contribution < 1.29 is 5.11 Å². The van der Waals surface area contributed by atoms with Gasteiger partial charge in [0.05, 0.1) is 5.69 Å². The van der Waals surface area contributed by atoms with Crippen molar-refractivity contribution in [1.82, 2.24) is 9.55 Å². The average Bonchev–Trinajstić information content (AvgIpc) is 2.51. The van der Waals surface area contributed by atoms with E-state index >= 15 is 0 Å². The van der Waals surface area contributed by atoms with Crippen LogP contribution in [-0.4, -0.2) is 20.9 Å². The number of nitrogens with one attached hydrogen (secondary N) is 1. The van der Waals surface area contributed by atoms with Gasteiger partial charge in [0.15, 0.2) is 4.77 Å². The van der Waals surface area contributed by atoms with Crippen LogP contribution in [-0.2, 0) is 13.0 Å². The minimum absolute atomic E-state index is 0.0670. The molecule has 2 N–H and O–H groups in total. The molecule has 0 saturated carbocycles. The quantitative estimate of drug-likeness (QED) is 0.506. The van der Waals surface area contributed by atoms with Gasteiger partial charge >= 0.3 is 0 Å². The minimum atomic E-state index is -0.474. The summed E-state index contributed by atoms with van der Waals surface area (Å²) in [5.41, 5.74) is 1.46. The van der Waals surface area contributed by atoms with Crippen molar-refractivity contribution in [3.8, 4) is 5.88 Å². The molecule has 0 amide bonds. The number of allylic oxidation sites excluding steroid dienone is 1. The summed E-state index contributed by atoms with van der Waals surface area (Å²) in [5, 5.41) is 10.2. The number of benzene rings is 1. The van der Waals surface area contributed by atoms with Crippen molar-refractivity contribution in [1.29, 1.82) is 0 Å². The number of nitrogens with zero attached hydrogens (tertiary/aromatic N) is 2. The molecule has 0 aliphatic heterocycles. The van der Waals surface area contributed by atoms with E-state index in [4.69, 9.17) is 12.2 Å². The van der Waals surface area contributed by atoms with E-state index in [1.165, 1.54) is 10.8 Å². The molecule has 0 spiro atoms. The topological polar surface area (TPSA) is 70.4 Å². The molecule has 1 heterocycles. The Balaban J connectivity index is 2.46. The number of hydrogen-bond acceptors (Lipinski definition) is 4. The Morgan fingerprint density at radius 2 is 2.27 bits per heavy atom. The maximum atomic E-state index is 11.9. The molecule has 0 aliphatic carbocycles. The van der Waals surface area contributed by atoms with E-state index in [1.54, 1.807) is 6.08 Å². The molecule has 6 heteroatoms. The van der Waals surface area contributed by atoms with Crippen molar-refractivity contribution >= 4 is 24.1 Å². The standard InChI is InChI=1S/C16H17N3O2S/c1-3-8-19-15(21)13(14(20)18-16(19)22)10-17-12-7-5-6-11(4-2)9-12/h3,5-7,9-10,21H,1,4,8H2,2H3,(H,18,20,22). The van der Waals surface area contributed by atoms with Gasteiger partial charge in [-0.3, -0.25) is 19.3 Å². The van der Waals surface area contributed by atoms with Crippen LogP contribution in [0.1, 0.15) is 18.1 Å². The third-order valence-corrected chi connectivity index (χ3v) is 3.50. The highest BCUT2D eigenvalue weighted by molar-refractivity contribution is 7.71. The zero-order valence-corrected chi connectivity index (χ0v) is 13.1. The van der Waals surface area contributed by atoms with Crippen molar-refractivity contribution in [2.24, 2.45) is 4.99 Å². The second-order valence-electron chi connectivity index (χ2n) is 4.68. The molecule has 0 radical (unpaired) electrons. The molecule has 0 saturated heterocycles. The van der Waals surface area contributed by atoms with Crippen LogP contribution in [0.3, 0.4) is 0 Å². The number of H-pyrrole nitrogens is 1. The van der Waals surface area contributed by atoms with Crippen LogP contribution in [0.5, 0.6) is 5.88 Å². The average molecular weight is 315 g/mol. The maximum Gasteiger partial charge on any atom is 0.264 e. The number of aliphatic imine (C=N–C) groups is 1. The fraction of sp³-hybridized carbons (Fsp3) is 0.188. The smallest absolute Gasteiger partial charge is 0.264 e. The van der Waals surface area contributed by atoms with Crippen LogP contribution >= 0.6 is 12.2 Å². The molecule has 2 rings (SSSR count). The first kappa shape index (κ1) is 15.9. The number of hydrogen-bond donors (Lipinski definition) is 2. The Labute approximate surface area is 133 Å². The van der Waals surface area contributed by atoms with Gasteiger partial charge in [-0.1, -0.05) is 25.1 Å². The zero-order chi connectivity index (χ0) is 16.1. The molecule has 0 bridgehead atoms. The highest BCUT2D eigenvalue weighted by Crippen LogP contribution is 2.16. The summed E-state index contributed by atoms with van der Waals surface area (Å²) in [6.45, 7) is 5.95. The van der Waals surface area contributed by atoms with Crippen LogP contribution in [0, 0.1) is 4.77 Å². The fourth-order valence-electron chi connectivity index (χ4n) is 1.99. The van der Waals surface area contributed by atoms with E-state index in [-0.39, 0.29) is 16.2 Å². The molecule has 1 aromatic heterocycles. The first-order valence-corrected chi connectivity index (χ1v) is 7.27. The van der Waals surface area contributed by atoms with Crippen molar-refractivity contribution in [3.63, 3.8) is 0 Å². The summed E-state index contributed by atoms with van der Waals surface area (Å²) in [5.74, 6) is -0.218. The van der Waals surface area contributed by atoms with Gasteiger partial charge in [0.25, 0.3) is 5.56 Å². The Hall–Kier alpha value is -2.47. The lowest BCUT2D eigenvalue weighted by Gasteiger charge is -2.08. The Bertz CT molecular complexity index is 834. The highest BCUT2D eigenvalue weighted by Gasteiger charge is 2.09. The largest absolute Gasteiger partial charge is 0.494 e. The molecule has 1 aromatic carbocycles. The molecule has 2 aromatic rings. The third kappa shape index (κ3) is 3.40. The summed E-state index contributed by atoms with van der Waals surface area (Å²) in [4.78, 5) is 18.7. The maximum absolute atomic E-state index is 11.9. The van der Waals surface area contributed by atoms with Gasteiger partial charge in [-0.05, 0) is 36.3 Å². The SMILES string of the molecule is C=CCn1c(O)c(C=Nc2cccc(CC)c2)c(=O)[nH]c1=S. The van der Waals surface area contributed by atoms with E-state index in [2.05, 4.69) is 23.5 Å². The van der Waals surface area contributed by atoms with Crippen molar-refractivity contribution in [3.05, 3.63) is 63.2 Å². The number of aromatic hydroxyl groups is 1. The van der Waals surface area contributed by atoms with Crippen molar-refractivity contribution in [2.45, 2.75) is 19.9 Å². The third-order valence-electron chi connectivity index (χ3n) is 3.18. The fourth-order valence-corrected chi connectivity index (χ4v) is 2.24. The molecule has 22 heavy (non-hydrogen) atoms. The van der Waals surface area contributed by atoms with Crippen LogP contribution in [0.4, 0.5) is 5.69 Å². The van der Waals surface area contributed by atoms with E-state index in [0.29, 0.717) is 6.54 Å². The van der Waals surface area contributed by atoms with Gasteiger partial charge < -0.3 is 5.11 Å². The summed E-state index contributed by atoms with van der Waals surface area (Å²) in [7, 11) is 0. The van der Waals surface area contributed by atoms with Gasteiger partial charge in [0.2, 0.25) is 5.88 Å². The Morgan fingerprint density at radius 3 is 2.95 bits per heavy atom. The molecular weight excluding hydrogens is 298 g/mol. The molecule has 0 unspecified atom stereocenters. The Morgan fingerprint density at radius 1 is 1.50 bits per heavy atom. The lowest BCUT2D eigenvalue weighted by molar-refractivity contribution is 0.413. The molecule has 0 atom stereocenters. The van der Waals surface area contributed by atoms with E-state index in [1.807, 2.05) is 24.3 Å². The first-order chi connectivity index (χ1) is 10.6. The van der Waals surface area contributed by atoms with Gasteiger partial charge in [-0.2, -0.15) is 0 Å². The predicted octanol–water partition coefficient (Wildman–Crippen LogP) is 3.11. The minimum Gasteiger partial charge on any atom is -0.494 e. The molecule has 0 aliphatic rings. The Kier molecular flexibility index (Phi) is 5.06. The number of aromatic amines is 1. The van der Waals surface area contributed by atoms with Gasteiger partial charge in [-0.25, -0.2) is 0 Å². The molecule has 5 nitrogen and oxygen atoms in total. The number of aryl methyl sites for hydroxylation is 1. The van der Waals surface area contributed by atoms with Gasteiger partial charge in [0, 0.05) is 12.8 Å². The van der Waals surface area contributed by atoms with E-state index in [9.17, 15) is 9.90 Å². The van der Waals surface area contributed by atoms with Gasteiger partial charge in [0.1, 0.15) is 5.56 Å². The van der Waals surface area contributed by atoms with E-state index in [0.717, 1.165) is 17.7 Å². The van der Waals surface area contributed by atoms with Crippen LogP contribution in [0.2, 0.25) is 0 Å². The van der Waals surface area contributed by atoms with Crippen LogP contribution in [0.15, 0.2) is 46.7 Å². The van der Waals surface area contributed by atoms with Crippen LogP contribution < -0.4 is 5.56 Å². The van der Waals surface area contributed by atoms with Crippen LogP contribution in [0.25, 0.3) is 0 Å². The first-order valence-electron chi connectivity index (χ1n) is 6.86. The normalized spacial score (nSPS) is 11.0. The second-order valence-corrected chi connectivity index (χ2v) is 5.06. The lowest BCUT2D eigenvalue weighted by Crippen LogP contribution is -2.18. The van der Waals surface area contributed by atoms with E-state index < -0.39 is 5.56 Å². The zero-order valence-electron chi connectivity index (χ0n) is 12.2. The monoisotopic (exact) mass is 315 g/mol. The van der Waals surface area contributed by atoms with Crippen molar-refractivity contribution in [2.75, 3.05) is 0 Å². The number of rotatable bonds is 5. The number of aromatic nitrogens is 2. The summed E-state index contributed by atoms with van der Waals surface area (Å²) in [6, 6.07) is 7.67. The lowest BCUT2D eigenvalue weighted by atomic mass is 10.1. The molecule has 114 valence electrons. The summed E-state index contributed by atoms with van der Waals surface area (Å²) < 4.78 is 1.53. The molecule has 0 fully saturated rings. The van der Waals surface area contributed by atoms with Gasteiger partial charge in [-0.15, -0.1) is 6.58 Å². The predicted molar refractivity (Wildman–Crippen MR) is 90.8 cm³/mol. The summed E-state index contributed by atoms with van der Waals surface area (Å²) >= 11 is 5.02.